The fourth-order valence-corrected chi connectivity index (χ4v) is 3.41. The molecule has 0 atom stereocenters. The van der Waals surface area contributed by atoms with Crippen molar-refractivity contribution in [1.29, 1.82) is 0 Å². The summed E-state index contributed by atoms with van der Waals surface area (Å²) in [6.07, 6.45) is 2.23. The van der Waals surface area contributed by atoms with Crippen LogP contribution < -0.4 is 11.1 Å². The Hall–Kier alpha value is -1.91. The quantitative estimate of drug-likeness (QED) is 0.891. The average Bonchev–Trinajstić information content (AvgIpc) is 2.60. The van der Waals surface area contributed by atoms with Gasteiger partial charge in [0.15, 0.2) is 0 Å². The van der Waals surface area contributed by atoms with Crippen LogP contribution in [0, 0.1) is 0 Å². The van der Waals surface area contributed by atoms with Crippen LogP contribution in [0.5, 0.6) is 0 Å². The van der Waals surface area contributed by atoms with Crippen LogP contribution in [0.4, 0.5) is 0 Å². The van der Waals surface area contributed by atoms with Crippen LogP contribution >= 0.6 is 0 Å². The molecule has 2 aromatic rings. The molecule has 0 spiro atoms. The number of carbonyl (C=O) groups is 1. The second-order valence-electron chi connectivity index (χ2n) is 6.19. The van der Waals surface area contributed by atoms with Gasteiger partial charge in [0, 0.05) is 19.8 Å². The number of hydrogen-bond donors (Lipinski definition) is 2. The van der Waals surface area contributed by atoms with Crippen molar-refractivity contribution in [3.8, 4) is 0 Å². The number of rotatable bonds is 5. The lowest BCUT2D eigenvalue weighted by atomic mass is 9.88. The lowest BCUT2D eigenvalue weighted by Crippen LogP contribution is -2.58. The van der Waals surface area contributed by atoms with E-state index in [1.54, 1.807) is 0 Å². The maximum Gasteiger partial charge on any atom is 0.237 e. The van der Waals surface area contributed by atoms with Gasteiger partial charge in [-0.2, -0.15) is 0 Å². The molecule has 1 amide bonds. The van der Waals surface area contributed by atoms with Crippen LogP contribution in [0.15, 0.2) is 36.4 Å². The second kappa shape index (κ2) is 6.69. The Morgan fingerprint density at radius 1 is 1.22 bits per heavy atom. The monoisotopic (exact) mass is 312 g/mol. The summed E-state index contributed by atoms with van der Waals surface area (Å²) in [5.41, 5.74) is 7.61. The van der Waals surface area contributed by atoms with Crippen LogP contribution in [-0.4, -0.2) is 24.7 Å². The number of benzene rings is 2. The molecule has 0 aromatic heterocycles. The zero-order valence-electron chi connectivity index (χ0n) is 13.6. The minimum Gasteiger partial charge on any atom is -0.381 e. The van der Waals surface area contributed by atoms with Gasteiger partial charge in [0.25, 0.3) is 0 Å². The van der Waals surface area contributed by atoms with Gasteiger partial charge >= 0.3 is 0 Å². The highest BCUT2D eigenvalue weighted by atomic mass is 16.5. The average molecular weight is 312 g/mol. The molecule has 23 heavy (non-hydrogen) atoms. The molecule has 0 unspecified atom stereocenters. The third-order valence-corrected chi connectivity index (χ3v) is 4.94. The van der Waals surface area contributed by atoms with E-state index in [-0.39, 0.29) is 5.91 Å². The van der Waals surface area contributed by atoms with Gasteiger partial charge in [0.05, 0.1) is 0 Å². The molecular formula is C19H24N2O2. The van der Waals surface area contributed by atoms with Gasteiger partial charge in [0.2, 0.25) is 5.91 Å². The number of nitrogens with two attached hydrogens (primary N) is 1. The van der Waals surface area contributed by atoms with E-state index in [2.05, 4.69) is 48.6 Å². The summed E-state index contributed by atoms with van der Waals surface area (Å²) in [5, 5.41) is 5.93. The standard InChI is InChI=1S/C19H24N2O2/c1-2-14-7-8-15-5-3-4-6-16(15)17(14)13-21-19(18(20)22)9-11-23-12-10-19/h3-8,21H,2,9-13H2,1H3,(H2,20,22). The molecule has 0 aliphatic carbocycles. The summed E-state index contributed by atoms with van der Waals surface area (Å²) < 4.78 is 5.39. The van der Waals surface area contributed by atoms with E-state index < -0.39 is 5.54 Å². The smallest absolute Gasteiger partial charge is 0.237 e. The zero-order valence-corrected chi connectivity index (χ0v) is 13.6. The molecule has 4 nitrogen and oxygen atoms in total. The lowest BCUT2D eigenvalue weighted by Gasteiger charge is -2.35. The first-order valence-corrected chi connectivity index (χ1v) is 8.28. The maximum atomic E-state index is 12.0. The van der Waals surface area contributed by atoms with Crippen molar-refractivity contribution in [2.45, 2.75) is 38.3 Å². The first kappa shape index (κ1) is 16.0. The molecule has 1 aliphatic rings. The Morgan fingerprint density at radius 3 is 2.65 bits per heavy atom. The molecule has 1 saturated heterocycles. The highest BCUT2D eigenvalue weighted by Gasteiger charge is 2.38. The van der Waals surface area contributed by atoms with E-state index in [1.165, 1.54) is 21.9 Å². The number of hydrogen-bond acceptors (Lipinski definition) is 3. The molecule has 1 heterocycles. The molecule has 1 aliphatic heterocycles. The van der Waals surface area contributed by atoms with Crippen molar-refractivity contribution in [2.75, 3.05) is 13.2 Å². The van der Waals surface area contributed by atoms with Crippen molar-refractivity contribution in [3.05, 3.63) is 47.5 Å². The van der Waals surface area contributed by atoms with Crippen LogP contribution in [-0.2, 0) is 22.5 Å². The minimum atomic E-state index is -0.653. The van der Waals surface area contributed by atoms with E-state index in [4.69, 9.17) is 10.5 Å². The van der Waals surface area contributed by atoms with Gasteiger partial charge in [-0.3, -0.25) is 10.1 Å². The second-order valence-corrected chi connectivity index (χ2v) is 6.19. The van der Waals surface area contributed by atoms with Gasteiger partial charge in [-0.1, -0.05) is 43.3 Å². The molecule has 1 fully saturated rings. The summed E-state index contributed by atoms with van der Waals surface area (Å²) >= 11 is 0. The maximum absolute atomic E-state index is 12.0. The van der Waals surface area contributed by atoms with Crippen molar-refractivity contribution < 1.29 is 9.53 Å². The van der Waals surface area contributed by atoms with Crippen LogP contribution in [0.2, 0.25) is 0 Å². The number of primary amides is 1. The molecular weight excluding hydrogens is 288 g/mol. The Kier molecular flexibility index (Phi) is 4.64. The number of fused-ring (bicyclic) bond motifs is 1. The predicted octanol–water partition coefficient (Wildman–Crippen LogP) is 2.53. The first-order chi connectivity index (χ1) is 11.2. The Labute approximate surface area is 137 Å². The van der Waals surface area contributed by atoms with Crippen molar-refractivity contribution >= 4 is 16.7 Å². The fraction of sp³-hybridized carbons (Fsp3) is 0.421. The van der Waals surface area contributed by atoms with E-state index in [0.717, 1.165) is 6.42 Å². The number of ether oxygens (including phenoxy) is 1. The van der Waals surface area contributed by atoms with E-state index in [1.807, 2.05) is 0 Å². The SMILES string of the molecule is CCc1ccc2ccccc2c1CNC1(C(N)=O)CCOCC1. The normalized spacial score (nSPS) is 17.3. The van der Waals surface area contributed by atoms with Crippen molar-refractivity contribution in [2.24, 2.45) is 5.73 Å². The third-order valence-electron chi connectivity index (χ3n) is 4.94. The molecule has 4 heteroatoms. The third kappa shape index (κ3) is 3.09. The highest BCUT2D eigenvalue weighted by molar-refractivity contribution is 5.87. The van der Waals surface area contributed by atoms with E-state index in [0.29, 0.717) is 32.6 Å². The van der Waals surface area contributed by atoms with E-state index in [9.17, 15) is 4.79 Å². The predicted molar refractivity (Wildman–Crippen MR) is 92.1 cm³/mol. The molecule has 3 rings (SSSR count). The number of amides is 1. The Balaban J connectivity index is 1.92. The summed E-state index contributed by atoms with van der Waals surface area (Å²) in [6, 6.07) is 12.7. The van der Waals surface area contributed by atoms with Crippen LogP contribution in [0.1, 0.15) is 30.9 Å². The molecule has 0 radical (unpaired) electrons. The fourth-order valence-electron chi connectivity index (χ4n) is 3.41. The summed E-state index contributed by atoms with van der Waals surface area (Å²) in [5.74, 6) is -0.279. The summed E-state index contributed by atoms with van der Waals surface area (Å²) in [4.78, 5) is 12.0. The van der Waals surface area contributed by atoms with Gasteiger partial charge in [-0.05, 0) is 41.2 Å². The van der Waals surface area contributed by atoms with Crippen LogP contribution in [0.3, 0.4) is 0 Å². The molecule has 3 N–H and O–H groups in total. The van der Waals surface area contributed by atoms with E-state index >= 15 is 0 Å². The minimum absolute atomic E-state index is 0.279. The van der Waals surface area contributed by atoms with Crippen molar-refractivity contribution in [3.63, 3.8) is 0 Å². The molecule has 122 valence electrons. The van der Waals surface area contributed by atoms with Crippen LogP contribution in [0.25, 0.3) is 10.8 Å². The topological polar surface area (TPSA) is 64.3 Å². The van der Waals surface area contributed by atoms with Gasteiger partial charge in [-0.25, -0.2) is 0 Å². The largest absolute Gasteiger partial charge is 0.381 e. The van der Waals surface area contributed by atoms with Gasteiger partial charge in [0.1, 0.15) is 5.54 Å². The summed E-state index contributed by atoms with van der Waals surface area (Å²) in [7, 11) is 0. The lowest BCUT2D eigenvalue weighted by molar-refractivity contribution is -0.128. The van der Waals surface area contributed by atoms with Gasteiger partial charge < -0.3 is 10.5 Å². The highest BCUT2D eigenvalue weighted by Crippen LogP contribution is 2.26. The van der Waals surface area contributed by atoms with Crippen molar-refractivity contribution in [1.82, 2.24) is 5.32 Å². The number of nitrogens with one attached hydrogen (secondary N) is 1. The molecule has 2 aromatic carbocycles. The molecule has 0 bridgehead atoms. The summed E-state index contributed by atoms with van der Waals surface area (Å²) in [6.45, 7) is 3.96. The van der Waals surface area contributed by atoms with Gasteiger partial charge in [-0.15, -0.1) is 0 Å². The Bertz CT molecular complexity index is 706. The first-order valence-electron chi connectivity index (χ1n) is 8.28. The Morgan fingerprint density at radius 2 is 1.96 bits per heavy atom. The molecule has 0 saturated carbocycles. The number of carbonyl (C=O) groups excluding carboxylic acids is 1. The number of aryl methyl sites for hydroxylation is 1. The zero-order chi connectivity index (χ0) is 16.3.